The fraction of sp³-hybridized carbons (Fsp3) is 0.222. The number of aryl methyl sites for hydroxylation is 1. The molecule has 4 aromatic rings. The Labute approximate surface area is 168 Å². The van der Waals surface area contributed by atoms with Gasteiger partial charge in [-0.1, -0.05) is 29.8 Å². The highest BCUT2D eigenvalue weighted by molar-refractivity contribution is 7.17. The Morgan fingerprint density at radius 3 is 2.79 bits per heavy atom. The first-order chi connectivity index (χ1) is 13.9. The van der Waals surface area contributed by atoms with Gasteiger partial charge in [0.15, 0.2) is 5.82 Å². The number of aromatic nitrogens is 6. The molecule has 0 unspecified atom stereocenters. The molecule has 0 bridgehead atoms. The van der Waals surface area contributed by atoms with Crippen LogP contribution in [0.2, 0.25) is 0 Å². The Balaban J connectivity index is 1.54. The van der Waals surface area contributed by atoms with Gasteiger partial charge in [0.25, 0.3) is 5.56 Å². The molecule has 0 spiro atoms. The van der Waals surface area contributed by atoms with Crippen LogP contribution >= 0.6 is 11.3 Å². The summed E-state index contributed by atoms with van der Waals surface area (Å²) in [4.78, 5) is 30.2. The number of carbonyl (C=O) groups excluding carboxylic acids is 1. The number of amides is 1. The van der Waals surface area contributed by atoms with Crippen molar-refractivity contribution in [2.45, 2.75) is 26.1 Å². The van der Waals surface area contributed by atoms with Crippen LogP contribution in [-0.2, 0) is 13.1 Å². The fourth-order valence-electron chi connectivity index (χ4n) is 2.88. The number of tetrazole rings is 1. The lowest BCUT2D eigenvalue weighted by atomic mass is 10.1. The van der Waals surface area contributed by atoms with E-state index in [2.05, 4.69) is 20.4 Å². The van der Waals surface area contributed by atoms with Gasteiger partial charge in [-0.3, -0.25) is 14.2 Å². The van der Waals surface area contributed by atoms with Gasteiger partial charge in [-0.05, 0) is 17.7 Å². The molecule has 3 aromatic heterocycles. The number of carbonyl (C=O) groups is 1. The Hall–Kier alpha value is -3.44. The highest BCUT2D eigenvalue weighted by Gasteiger charge is 2.17. The molecule has 4 rings (SSSR count). The largest absolute Gasteiger partial charge is 0.386 e. The molecule has 0 saturated heterocycles. The lowest BCUT2D eigenvalue weighted by Gasteiger charge is -2.09. The van der Waals surface area contributed by atoms with E-state index in [1.807, 2.05) is 31.2 Å². The summed E-state index contributed by atoms with van der Waals surface area (Å²) in [6.45, 7) is 2.12. The molecule has 148 valence electrons. The zero-order chi connectivity index (χ0) is 20.5. The van der Waals surface area contributed by atoms with Crippen LogP contribution in [0.4, 0.5) is 0 Å². The summed E-state index contributed by atoms with van der Waals surface area (Å²) >= 11 is 1.18. The summed E-state index contributed by atoms with van der Waals surface area (Å²) in [5.74, 6) is -0.401. The molecule has 0 saturated carbocycles. The quantitative estimate of drug-likeness (QED) is 0.474. The van der Waals surface area contributed by atoms with Crippen LogP contribution in [0.3, 0.4) is 0 Å². The number of aliphatic hydroxyl groups is 1. The van der Waals surface area contributed by atoms with Gasteiger partial charge >= 0.3 is 0 Å². The SMILES string of the molecule is Cc1ccc([C@@H](O)Cn2nnc(Cn3cnc4scc(C(N)=O)c4c3=O)n2)cc1. The molecule has 0 aliphatic carbocycles. The third-order valence-electron chi connectivity index (χ3n) is 4.43. The van der Waals surface area contributed by atoms with Gasteiger partial charge in [-0.25, -0.2) is 4.98 Å². The highest BCUT2D eigenvalue weighted by atomic mass is 32.1. The molecule has 0 aliphatic rings. The van der Waals surface area contributed by atoms with Crippen LogP contribution in [-0.4, -0.2) is 40.8 Å². The maximum atomic E-state index is 12.7. The molecular formula is C18H17N7O3S. The number of benzene rings is 1. The van der Waals surface area contributed by atoms with Crippen molar-refractivity contribution in [1.29, 1.82) is 0 Å². The number of hydrogen-bond donors (Lipinski definition) is 2. The summed E-state index contributed by atoms with van der Waals surface area (Å²) < 4.78 is 1.29. The molecule has 0 radical (unpaired) electrons. The van der Waals surface area contributed by atoms with Crippen LogP contribution in [0, 0.1) is 6.92 Å². The van der Waals surface area contributed by atoms with Crippen molar-refractivity contribution < 1.29 is 9.90 Å². The van der Waals surface area contributed by atoms with Crippen molar-refractivity contribution in [3.8, 4) is 0 Å². The minimum absolute atomic E-state index is 0.0243. The normalized spacial score (nSPS) is 12.3. The number of thiophene rings is 1. The highest BCUT2D eigenvalue weighted by Crippen LogP contribution is 2.20. The second-order valence-electron chi connectivity index (χ2n) is 6.56. The Kier molecular flexibility index (Phi) is 4.91. The zero-order valence-corrected chi connectivity index (χ0v) is 16.2. The van der Waals surface area contributed by atoms with Gasteiger partial charge in [0.1, 0.15) is 10.9 Å². The third kappa shape index (κ3) is 3.77. The lowest BCUT2D eigenvalue weighted by Crippen LogP contribution is -2.23. The number of rotatable bonds is 6. The minimum atomic E-state index is -0.790. The van der Waals surface area contributed by atoms with Crippen molar-refractivity contribution in [3.05, 3.63) is 68.8 Å². The van der Waals surface area contributed by atoms with Gasteiger partial charge < -0.3 is 10.8 Å². The second-order valence-corrected chi connectivity index (χ2v) is 7.42. The number of nitrogens with zero attached hydrogens (tertiary/aromatic N) is 6. The number of nitrogens with two attached hydrogens (primary N) is 1. The predicted molar refractivity (Wildman–Crippen MR) is 105 cm³/mol. The van der Waals surface area contributed by atoms with Gasteiger partial charge in [-0.15, -0.1) is 21.5 Å². The smallest absolute Gasteiger partial charge is 0.263 e. The van der Waals surface area contributed by atoms with Gasteiger partial charge in [0.2, 0.25) is 5.91 Å². The third-order valence-corrected chi connectivity index (χ3v) is 5.32. The standard InChI is InChI=1S/C18H17N7O3S/c1-10-2-4-11(5-3-10)13(26)6-25-22-14(21-23-25)7-24-9-20-17-15(18(24)28)12(8-29-17)16(19)27/h2-5,8-9,13,26H,6-7H2,1H3,(H2,19,27)/t13-/m0/s1. The maximum Gasteiger partial charge on any atom is 0.263 e. The molecular weight excluding hydrogens is 394 g/mol. The Bertz CT molecular complexity index is 1240. The number of fused-ring (bicyclic) bond motifs is 1. The average Bonchev–Trinajstić information content (AvgIpc) is 3.32. The maximum absolute atomic E-state index is 12.7. The molecule has 11 heteroatoms. The fourth-order valence-corrected chi connectivity index (χ4v) is 3.77. The van der Waals surface area contributed by atoms with E-state index in [0.29, 0.717) is 4.83 Å². The Morgan fingerprint density at radius 2 is 2.07 bits per heavy atom. The number of primary amides is 1. The zero-order valence-electron chi connectivity index (χ0n) is 15.4. The summed E-state index contributed by atoms with van der Waals surface area (Å²) in [5.41, 5.74) is 6.93. The lowest BCUT2D eigenvalue weighted by molar-refractivity contribution is 0.100. The predicted octanol–water partition coefficient (Wildman–Crippen LogP) is 0.634. The van der Waals surface area contributed by atoms with E-state index in [4.69, 9.17) is 5.73 Å². The van der Waals surface area contributed by atoms with Crippen molar-refractivity contribution in [1.82, 2.24) is 29.8 Å². The van der Waals surface area contributed by atoms with Crippen molar-refractivity contribution in [3.63, 3.8) is 0 Å². The van der Waals surface area contributed by atoms with Gasteiger partial charge in [-0.2, -0.15) is 4.80 Å². The van der Waals surface area contributed by atoms with Crippen LogP contribution < -0.4 is 11.3 Å². The van der Waals surface area contributed by atoms with E-state index in [1.54, 1.807) is 0 Å². The van der Waals surface area contributed by atoms with Gasteiger partial charge in [0.05, 0.1) is 30.4 Å². The van der Waals surface area contributed by atoms with E-state index >= 15 is 0 Å². The first-order valence-electron chi connectivity index (χ1n) is 8.70. The molecule has 1 atom stereocenters. The van der Waals surface area contributed by atoms with Crippen LogP contribution in [0.15, 0.2) is 40.8 Å². The molecule has 0 aliphatic heterocycles. The van der Waals surface area contributed by atoms with E-state index in [9.17, 15) is 14.7 Å². The summed E-state index contributed by atoms with van der Waals surface area (Å²) in [7, 11) is 0. The second kappa shape index (κ2) is 7.53. The van der Waals surface area contributed by atoms with Crippen LogP contribution in [0.25, 0.3) is 10.2 Å². The van der Waals surface area contributed by atoms with E-state index in [0.717, 1.165) is 11.1 Å². The topological polar surface area (TPSA) is 142 Å². The Morgan fingerprint density at radius 1 is 1.31 bits per heavy atom. The van der Waals surface area contributed by atoms with E-state index < -0.39 is 17.6 Å². The van der Waals surface area contributed by atoms with Crippen molar-refractivity contribution >= 4 is 27.5 Å². The van der Waals surface area contributed by atoms with E-state index in [1.165, 1.54) is 32.4 Å². The summed E-state index contributed by atoms with van der Waals surface area (Å²) in [6.07, 6.45) is 0.579. The molecule has 1 aromatic carbocycles. The molecule has 3 N–H and O–H groups in total. The van der Waals surface area contributed by atoms with E-state index in [-0.39, 0.29) is 29.9 Å². The average molecular weight is 411 g/mol. The first kappa shape index (κ1) is 18.9. The van der Waals surface area contributed by atoms with Crippen LogP contribution in [0.5, 0.6) is 0 Å². The number of hydrogen-bond acceptors (Lipinski definition) is 8. The van der Waals surface area contributed by atoms with Crippen molar-refractivity contribution in [2.24, 2.45) is 5.73 Å². The monoisotopic (exact) mass is 411 g/mol. The summed E-state index contributed by atoms with van der Waals surface area (Å²) in [6, 6.07) is 7.52. The van der Waals surface area contributed by atoms with Gasteiger partial charge in [0, 0.05) is 5.38 Å². The van der Waals surface area contributed by atoms with Crippen LogP contribution in [0.1, 0.15) is 33.4 Å². The summed E-state index contributed by atoms with van der Waals surface area (Å²) in [5, 5.41) is 24.1. The molecule has 29 heavy (non-hydrogen) atoms. The first-order valence-corrected chi connectivity index (χ1v) is 9.58. The molecule has 10 nitrogen and oxygen atoms in total. The molecule has 1 amide bonds. The number of aliphatic hydroxyl groups excluding tert-OH is 1. The van der Waals surface area contributed by atoms with Crippen molar-refractivity contribution in [2.75, 3.05) is 0 Å². The molecule has 0 fully saturated rings. The molecule has 3 heterocycles. The minimum Gasteiger partial charge on any atom is -0.386 e.